The summed E-state index contributed by atoms with van der Waals surface area (Å²) in [4.78, 5) is 14.1. The van der Waals surface area contributed by atoms with Gasteiger partial charge >= 0.3 is 0 Å². The van der Waals surface area contributed by atoms with Gasteiger partial charge in [0.25, 0.3) is 0 Å². The van der Waals surface area contributed by atoms with Crippen molar-refractivity contribution >= 4 is 5.91 Å². The Labute approximate surface area is 104 Å². The minimum absolute atomic E-state index is 0.0764. The average Bonchev–Trinajstić information content (AvgIpc) is 2.85. The highest BCUT2D eigenvalue weighted by atomic mass is 16.2. The van der Waals surface area contributed by atoms with Crippen LogP contribution in [0.1, 0.15) is 32.1 Å². The van der Waals surface area contributed by atoms with E-state index in [1.165, 1.54) is 25.9 Å². The number of amides is 1. The summed E-state index contributed by atoms with van der Waals surface area (Å²) in [5, 5.41) is 6.30. The quantitative estimate of drug-likeness (QED) is 0.754. The second-order valence-electron chi connectivity index (χ2n) is 5.48. The lowest BCUT2D eigenvalue weighted by molar-refractivity contribution is -0.122. The van der Waals surface area contributed by atoms with Crippen molar-refractivity contribution in [3.63, 3.8) is 0 Å². The van der Waals surface area contributed by atoms with Crippen LogP contribution in [0.5, 0.6) is 0 Å². The van der Waals surface area contributed by atoms with Crippen LogP contribution in [0.3, 0.4) is 0 Å². The summed E-state index contributed by atoms with van der Waals surface area (Å²) < 4.78 is 0. The van der Waals surface area contributed by atoms with E-state index >= 15 is 0 Å². The molecule has 1 amide bonds. The summed E-state index contributed by atoms with van der Waals surface area (Å²) in [6, 6.07) is 0.0764. The van der Waals surface area contributed by atoms with E-state index in [4.69, 9.17) is 0 Å². The molecule has 0 aromatic heterocycles. The zero-order chi connectivity index (χ0) is 12.1. The molecular weight excluding hydrogens is 214 g/mol. The first-order valence-electron chi connectivity index (χ1n) is 6.95. The summed E-state index contributed by atoms with van der Waals surface area (Å²) in [7, 11) is 2.18. The van der Waals surface area contributed by atoms with Gasteiger partial charge in [-0.05, 0) is 64.7 Å². The van der Waals surface area contributed by atoms with E-state index < -0.39 is 0 Å². The number of nitrogens with zero attached hydrogens (tertiary/aromatic N) is 1. The van der Waals surface area contributed by atoms with E-state index in [0.29, 0.717) is 0 Å². The normalized spacial score (nSPS) is 27.2. The highest BCUT2D eigenvalue weighted by molar-refractivity contribution is 5.81. The largest absolute Gasteiger partial charge is 0.355 e. The maximum Gasteiger partial charge on any atom is 0.237 e. The van der Waals surface area contributed by atoms with Gasteiger partial charge in [0.05, 0.1) is 6.04 Å². The summed E-state index contributed by atoms with van der Waals surface area (Å²) in [6.45, 7) is 4.27. The molecule has 2 N–H and O–H groups in total. The molecule has 0 unspecified atom stereocenters. The van der Waals surface area contributed by atoms with Crippen LogP contribution in [0.4, 0.5) is 0 Å². The fourth-order valence-corrected chi connectivity index (χ4v) is 2.78. The van der Waals surface area contributed by atoms with Crippen LogP contribution in [-0.2, 0) is 4.79 Å². The van der Waals surface area contributed by atoms with Gasteiger partial charge < -0.3 is 15.5 Å². The van der Waals surface area contributed by atoms with Gasteiger partial charge in [0.15, 0.2) is 0 Å². The molecule has 0 aromatic carbocycles. The number of carbonyl (C=O) groups excluding carboxylic acids is 1. The predicted molar refractivity (Wildman–Crippen MR) is 68.9 cm³/mol. The molecule has 4 nitrogen and oxygen atoms in total. The number of likely N-dealkylation sites (tertiary alicyclic amines) is 1. The lowest BCUT2D eigenvalue weighted by Gasteiger charge is -2.29. The number of rotatable bonds is 4. The summed E-state index contributed by atoms with van der Waals surface area (Å²) >= 11 is 0. The molecule has 0 aromatic rings. The third-order valence-corrected chi connectivity index (χ3v) is 4.07. The maximum absolute atomic E-state index is 11.8. The van der Waals surface area contributed by atoms with Crippen LogP contribution in [0, 0.1) is 5.92 Å². The Morgan fingerprint density at radius 1 is 1.35 bits per heavy atom. The molecule has 2 heterocycles. The molecule has 2 aliphatic heterocycles. The second kappa shape index (κ2) is 6.36. The first-order chi connectivity index (χ1) is 8.25. The van der Waals surface area contributed by atoms with Gasteiger partial charge in [-0.15, -0.1) is 0 Å². The highest BCUT2D eigenvalue weighted by Gasteiger charge is 2.22. The van der Waals surface area contributed by atoms with Crippen LogP contribution in [0.25, 0.3) is 0 Å². The smallest absolute Gasteiger partial charge is 0.237 e. The Kier molecular flexibility index (Phi) is 4.80. The Hall–Kier alpha value is -0.610. The monoisotopic (exact) mass is 239 g/mol. The topological polar surface area (TPSA) is 44.4 Å². The molecule has 2 aliphatic rings. The number of nitrogens with one attached hydrogen (secondary N) is 2. The molecule has 2 rings (SSSR count). The van der Waals surface area contributed by atoms with Gasteiger partial charge in [-0.3, -0.25) is 4.79 Å². The Bertz CT molecular complexity index is 243. The average molecular weight is 239 g/mol. The van der Waals surface area contributed by atoms with Gasteiger partial charge in [-0.25, -0.2) is 0 Å². The highest BCUT2D eigenvalue weighted by Crippen LogP contribution is 2.18. The molecule has 17 heavy (non-hydrogen) atoms. The molecule has 2 saturated heterocycles. The van der Waals surface area contributed by atoms with Gasteiger partial charge in [0.1, 0.15) is 0 Å². The second-order valence-corrected chi connectivity index (χ2v) is 5.48. The van der Waals surface area contributed by atoms with Crippen LogP contribution < -0.4 is 10.6 Å². The Morgan fingerprint density at radius 2 is 2.12 bits per heavy atom. The molecule has 2 fully saturated rings. The van der Waals surface area contributed by atoms with Gasteiger partial charge in [0.2, 0.25) is 5.91 Å². The Morgan fingerprint density at radius 3 is 2.76 bits per heavy atom. The molecular formula is C13H25N3O. The maximum atomic E-state index is 11.8. The molecule has 0 saturated carbocycles. The van der Waals surface area contributed by atoms with E-state index in [1.807, 2.05) is 0 Å². The van der Waals surface area contributed by atoms with Crippen molar-refractivity contribution in [2.75, 3.05) is 33.2 Å². The van der Waals surface area contributed by atoms with Gasteiger partial charge in [0, 0.05) is 6.54 Å². The van der Waals surface area contributed by atoms with Crippen molar-refractivity contribution in [3.8, 4) is 0 Å². The van der Waals surface area contributed by atoms with Crippen LogP contribution in [0.2, 0.25) is 0 Å². The molecule has 1 atom stereocenters. The van der Waals surface area contributed by atoms with Crippen molar-refractivity contribution in [1.29, 1.82) is 0 Å². The third kappa shape index (κ3) is 3.96. The zero-order valence-corrected chi connectivity index (χ0v) is 10.9. The van der Waals surface area contributed by atoms with Crippen molar-refractivity contribution in [2.24, 2.45) is 5.92 Å². The third-order valence-electron chi connectivity index (χ3n) is 4.07. The van der Waals surface area contributed by atoms with Crippen molar-refractivity contribution in [1.82, 2.24) is 15.5 Å². The van der Waals surface area contributed by atoms with Crippen molar-refractivity contribution in [2.45, 2.75) is 38.1 Å². The van der Waals surface area contributed by atoms with Crippen LogP contribution in [-0.4, -0.2) is 50.1 Å². The van der Waals surface area contributed by atoms with E-state index in [2.05, 4.69) is 22.6 Å². The van der Waals surface area contributed by atoms with Crippen LogP contribution in [0.15, 0.2) is 0 Å². The zero-order valence-electron chi connectivity index (χ0n) is 10.9. The Balaban J connectivity index is 1.57. The van der Waals surface area contributed by atoms with Crippen molar-refractivity contribution in [3.05, 3.63) is 0 Å². The summed E-state index contributed by atoms with van der Waals surface area (Å²) in [5.41, 5.74) is 0. The molecule has 0 spiro atoms. The molecule has 0 radical (unpaired) electrons. The fraction of sp³-hybridized carbons (Fsp3) is 0.923. The van der Waals surface area contributed by atoms with Crippen LogP contribution >= 0.6 is 0 Å². The van der Waals surface area contributed by atoms with E-state index in [9.17, 15) is 4.79 Å². The first-order valence-corrected chi connectivity index (χ1v) is 6.95. The predicted octanol–water partition coefficient (Wildman–Crippen LogP) is 0.587. The number of hydrogen-bond donors (Lipinski definition) is 2. The minimum atomic E-state index is 0.0764. The lowest BCUT2D eigenvalue weighted by atomic mass is 9.94. The summed E-state index contributed by atoms with van der Waals surface area (Å²) in [6.07, 6.45) is 5.85. The lowest BCUT2D eigenvalue weighted by Crippen LogP contribution is -2.41. The first kappa shape index (κ1) is 12.8. The minimum Gasteiger partial charge on any atom is -0.355 e. The number of hydrogen-bond acceptors (Lipinski definition) is 3. The van der Waals surface area contributed by atoms with Crippen molar-refractivity contribution < 1.29 is 4.79 Å². The van der Waals surface area contributed by atoms with E-state index in [0.717, 1.165) is 38.3 Å². The SMILES string of the molecule is CN1CCC(CCNC(=O)[C@H]2CCCN2)CC1. The van der Waals surface area contributed by atoms with E-state index in [-0.39, 0.29) is 11.9 Å². The molecule has 0 bridgehead atoms. The van der Waals surface area contributed by atoms with E-state index in [1.54, 1.807) is 0 Å². The standard InChI is InChI=1S/C13H25N3O/c1-16-9-5-11(6-10-16)4-8-15-13(17)12-3-2-7-14-12/h11-12,14H,2-10H2,1H3,(H,15,17)/t12-/m1/s1. The molecule has 98 valence electrons. The fourth-order valence-electron chi connectivity index (χ4n) is 2.78. The molecule has 4 heteroatoms. The van der Waals surface area contributed by atoms with Gasteiger partial charge in [-0.1, -0.05) is 0 Å². The number of piperidine rings is 1. The molecule has 0 aliphatic carbocycles. The number of carbonyl (C=O) groups is 1. The summed E-state index contributed by atoms with van der Waals surface area (Å²) in [5.74, 6) is 1.01. The van der Waals surface area contributed by atoms with Gasteiger partial charge in [-0.2, -0.15) is 0 Å².